The van der Waals surface area contributed by atoms with E-state index in [9.17, 15) is 13.2 Å². The number of aryl methyl sites for hydroxylation is 2. The molecule has 9 heteroatoms. The molecule has 0 fully saturated rings. The number of rotatable bonds is 13. The number of hydrogen-bond donors (Lipinski definition) is 0. The number of alkyl halides is 3. The van der Waals surface area contributed by atoms with Crippen molar-refractivity contribution in [1.82, 2.24) is 0 Å². The molecule has 192 valence electrons. The fourth-order valence-corrected chi connectivity index (χ4v) is 3.45. The van der Waals surface area contributed by atoms with Crippen molar-refractivity contribution < 1.29 is 27.5 Å². The van der Waals surface area contributed by atoms with Gasteiger partial charge in [0.2, 0.25) is 0 Å². The van der Waals surface area contributed by atoms with Gasteiger partial charge in [0, 0.05) is 0 Å². The Bertz CT molecular complexity index is 966. The minimum absolute atomic E-state index is 0.0464. The predicted molar refractivity (Wildman–Crippen MR) is 135 cm³/mol. The van der Waals surface area contributed by atoms with Crippen molar-refractivity contribution in [2.24, 2.45) is 5.16 Å². The van der Waals surface area contributed by atoms with Crippen LogP contribution in [-0.4, -0.2) is 31.2 Å². The zero-order valence-corrected chi connectivity index (χ0v) is 21.5. The van der Waals surface area contributed by atoms with Crippen LogP contribution in [0.1, 0.15) is 50.3 Å². The average Bonchev–Trinajstić information content (AvgIpc) is 2.82. The standard InChI is InChI=1S/C26H30Cl2F3NO3/c1-4-19-16-22(33-15-13-24(27)28)17-20(5-2)25(19)35-23(26(29,30)31)12-9-14-34-32-18(3)21-10-7-6-8-11-21/h6-8,10-11,13,16-17,23H,4-5,9,12,14-15H2,1-3H3. The van der Waals surface area contributed by atoms with Crippen LogP contribution in [0.15, 0.2) is 58.2 Å². The first kappa shape index (κ1) is 28.9. The van der Waals surface area contributed by atoms with Gasteiger partial charge in [-0.2, -0.15) is 13.2 Å². The minimum atomic E-state index is -4.53. The number of oxime groups is 1. The van der Waals surface area contributed by atoms with Crippen LogP contribution in [-0.2, 0) is 17.7 Å². The second-order valence-corrected chi connectivity index (χ2v) is 8.76. The molecule has 2 aromatic carbocycles. The highest BCUT2D eigenvalue weighted by Gasteiger charge is 2.42. The first-order valence-electron chi connectivity index (χ1n) is 11.4. The van der Waals surface area contributed by atoms with Crippen molar-refractivity contribution in [1.29, 1.82) is 0 Å². The molecule has 0 spiro atoms. The molecule has 2 aromatic rings. The fraction of sp³-hybridized carbons (Fsp3) is 0.423. The topological polar surface area (TPSA) is 40.0 Å². The first-order valence-corrected chi connectivity index (χ1v) is 12.2. The van der Waals surface area contributed by atoms with Crippen LogP contribution in [0.2, 0.25) is 0 Å². The van der Waals surface area contributed by atoms with Crippen molar-refractivity contribution in [2.75, 3.05) is 13.2 Å². The molecule has 0 saturated carbocycles. The molecular formula is C26H30Cl2F3NO3. The van der Waals surface area contributed by atoms with E-state index in [0.29, 0.717) is 35.4 Å². The van der Waals surface area contributed by atoms with Crippen LogP contribution in [0, 0.1) is 0 Å². The molecule has 4 nitrogen and oxygen atoms in total. The largest absolute Gasteiger partial charge is 0.489 e. The number of nitrogens with zero attached hydrogens (tertiary/aromatic N) is 1. The Kier molecular flexibility index (Phi) is 11.7. The quantitative estimate of drug-likeness (QED) is 0.149. The third-order valence-electron chi connectivity index (χ3n) is 5.19. The number of halogens is 5. The van der Waals surface area contributed by atoms with Crippen molar-refractivity contribution in [2.45, 2.75) is 58.7 Å². The SMILES string of the molecule is CCc1cc(OCC=C(Cl)Cl)cc(CC)c1OC(CCCON=C(C)c1ccccc1)C(F)(F)F. The molecule has 1 atom stereocenters. The first-order chi connectivity index (χ1) is 16.7. The number of hydrogen-bond acceptors (Lipinski definition) is 4. The number of benzene rings is 2. The van der Waals surface area contributed by atoms with E-state index in [4.69, 9.17) is 37.5 Å². The molecule has 1 unspecified atom stereocenters. The smallest absolute Gasteiger partial charge is 0.425 e. The summed E-state index contributed by atoms with van der Waals surface area (Å²) in [6.07, 6.45) is -4.18. The highest BCUT2D eigenvalue weighted by Crippen LogP contribution is 2.35. The summed E-state index contributed by atoms with van der Waals surface area (Å²) in [4.78, 5) is 5.25. The molecule has 0 aromatic heterocycles. The zero-order valence-electron chi connectivity index (χ0n) is 20.0. The highest BCUT2D eigenvalue weighted by molar-refractivity contribution is 6.55. The van der Waals surface area contributed by atoms with Gasteiger partial charge in [-0.1, -0.05) is 72.5 Å². The Morgan fingerprint density at radius 2 is 1.69 bits per heavy atom. The number of ether oxygens (including phenoxy) is 2. The van der Waals surface area contributed by atoms with Crippen LogP contribution in [0.25, 0.3) is 0 Å². The van der Waals surface area contributed by atoms with E-state index in [-0.39, 0.29) is 36.3 Å². The summed E-state index contributed by atoms with van der Waals surface area (Å²) in [7, 11) is 0. The van der Waals surface area contributed by atoms with Crippen molar-refractivity contribution in [3.05, 3.63) is 69.7 Å². The molecule has 0 bridgehead atoms. The highest BCUT2D eigenvalue weighted by atomic mass is 35.5. The summed E-state index contributed by atoms with van der Waals surface area (Å²) in [5, 5.41) is 4.00. The lowest BCUT2D eigenvalue weighted by molar-refractivity contribution is -0.197. The van der Waals surface area contributed by atoms with Gasteiger partial charge >= 0.3 is 6.18 Å². The normalized spacial score (nSPS) is 12.7. The fourth-order valence-electron chi connectivity index (χ4n) is 3.32. The Balaban J connectivity index is 2.07. The second kappa shape index (κ2) is 14.2. The van der Waals surface area contributed by atoms with E-state index in [1.54, 1.807) is 19.1 Å². The lowest BCUT2D eigenvalue weighted by atomic mass is 10.0. The van der Waals surface area contributed by atoms with Crippen LogP contribution in [0.5, 0.6) is 11.5 Å². The van der Waals surface area contributed by atoms with E-state index in [1.165, 1.54) is 6.08 Å². The van der Waals surface area contributed by atoms with Gasteiger partial charge in [-0.05, 0) is 67.5 Å². The maximum absolute atomic E-state index is 13.8. The monoisotopic (exact) mass is 531 g/mol. The summed E-state index contributed by atoms with van der Waals surface area (Å²) in [6.45, 7) is 5.68. The molecule has 0 N–H and O–H groups in total. The van der Waals surface area contributed by atoms with Gasteiger partial charge in [0.1, 0.15) is 29.2 Å². The molecular weight excluding hydrogens is 502 g/mol. The van der Waals surface area contributed by atoms with E-state index >= 15 is 0 Å². The van der Waals surface area contributed by atoms with Gasteiger partial charge in [0.15, 0.2) is 6.10 Å². The summed E-state index contributed by atoms with van der Waals surface area (Å²) in [5.74, 6) is 0.759. The van der Waals surface area contributed by atoms with Gasteiger partial charge in [-0.3, -0.25) is 0 Å². The van der Waals surface area contributed by atoms with E-state index in [0.717, 1.165) is 5.56 Å². The third-order valence-corrected chi connectivity index (χ3v) is 5.49. The molecule has 0 aliphatic heterocycles. The van der Waals surface area contributed by atoms with Crippen LogP contribution >= 0.6 is 23.2 Å². The van der Waals surface area contributed by atoms with E-state index < -0.39 is 12.3 Å². The lowest BCUT2D eigenvalue weighted by Crippen LogP contribution is -2.35. The molecule has 0 aliphatic carbocycles. The van der Waals surface area contributed by atoms with Gasteiger partial charge in [-0.15, -0.1) is 0 Å². The second-order valence-electron chi connectivity index (χ2n) is 7.75. The summed E-state index contributed by atoms with van der Waals surface area (Å²) >= 11 is 11.2. The van der Waals surface area contributed by atoms with Gasteiger partial charge in [0.05, 0.1) is 5.71 Å². The van der Waals surface area contributed by atoms with Crippen LogP contribution in [0.3, 0.4) is 0 Å². The zero-order chi connectivity index (χ0) is 25.8. The summed E-state index contributed by atoms with van der Waals surface area (Å²) in [6, 6.07) is 12.8. The summed E-state index contributed by atoms with van der Waals surface area (Å²) in [5.41, 5.74) is 2.81. The molecule has 0 amide bonds. The molecule has 0 radical (unpaired) electrons. The van der Waals surface area contributed by atoms with Gasteiger partial charge in [0.25, 0.3) is 0 Å². The maximum Gasteiger partial charge on any atom is 0.425 e. The van der Waals surface area contributed by atoms with Crippen molar-refractivity contribution >= 4 is 28.9 Å². The molecule has 35 heavy (non-hydrogen) atoms. The molecule has 0 heterocycles. The molecule has 0 aliphatic rings. The van der Waals surface area contributed by atoms with Crippen LogP contribution < -0.4 is 9.47 Å². The summed E-state index contributed by atoms with van der Waals surface area (Å²) < 4.78 is 52.7. The van der Waals surface area contributed by atoms with Gasteiger partial charge < -0.3 is 14.3 Å². The van der Waals surface area contributed by atoms with Crippen LogP contribution in [0.4, 0.5) is 13.2 Å². The Hall–Kier alpha value is -2.38. The Morgan fingerprint density at radius 3 is 2.23 bits per heavy atom. The molecule has 0 saturated heterocycles. The average molecular weight is 532 g/mol. The Labute approximate surface area is 214 Å². The predicted octanol–water partition coefficient (Wildman–Crippen LogP) is 8.04. The van der Waals surface area contributed by atoms with Crippen molar-refractivity contribution in [3.8, 4) is 11.5 Å². The lowest BCUT2D eigenvalue weighted by Gasteiger charge is -2.25. The van der Waals surface area contributed by atoms with E-state index in [2.05, 4.69) is 5.16 Å². The van der Waals surface area contributed by atoms with Gasteiger partial charge in [-0.25, -0.2) is 0 Å². The van der Waals surface area contributed by atoms with E-state index in [1.807, 2.05) is 44.2 Å². The maximum atomic E-state index is 13.8. The Morgan fingerprint density at radius 1 is 1.06 bits per heavy atom. The minimum Gasteiger partial charge on any atom is -0.489 e. The third kappa shape index (κ3) is 9.65. The molecule has 2 rings (SSSR count). The van der Waals surface area contributed by atoms with Crippen molar-refractivity contribution in [3.63, 3.8) is 0 Å².